The first kappa shape index (κ1) is 11.4. The molecular formula is C9H7F3O3. The van der Waals surface area contributed by atoms with E-state index in [1.54, 1.807) is 0 Å². The van der Waals surface area contributed by atoms with Gasteiger partial charge in [0.15, 0.2) is 17.5 Å². The maximum absolute atomic E-state index is 12.6. The van der Waals surface area contributed by atoms with E-state index in [1.165, 1.54) is 0 Å². The fourth-order valence-electron chi connectivity index (χ4n) is 0.872. The number of carboxylic acid groups (broad SMARTS) is 1. The van der Waals surface area contributed by atoms with Crippen LogP contribution in [0.1, 0.15) is 6.42 Å². The van der Waals surface area contributed by atoms with E-state index < -0.39 is 23.4 Å². The molecule has 0 bridgehead atoms. The van der Waals surface area contributed by atoms with E-state index in [9.17, 15) is 18.0 Å². The molecule has 0 saturated carbocycles. The molecule has 0 aliphatic rings. The highest BCUT2D eigenvalue weighted by Crippen LogP contribution is 2.19. The highest BCUT2D eigenvalue weighted by Gasteiger charge is 2.11. The normalized spacial score (nSPS) is 10.1. The van der Waals surface area contributed by atoms with Crippen LogP contribution in [0.15, 0.2) is 12.1 Å². The summed E-state index contributed by atoms with van der Waals surface area (Å²) in [5.41, 5.74) is 0. The average molecular weight is 220 g/mol. The SMILES string of the molecule is O=C(O)CCOc1cc(F)c(F)c(F)c1. The van der Waals surface area contributed by atoms with Crippen LogP contribution in [0.3, 0.4) is 0 Å². The van der Waals surface area contributed by atoms with Crippen molar-refractivity contribution >= 4 is 5.97 Å². The van der Waals surface area contributed by atoms with Crippen LogP contribution in [-0.2, 0) is 4.79 Å². The van der Waals surface area contributed by atoms with Gasteiger partial charge in [0, 0.05) is 12.1 Å². The van der Waals surface area contributed by atoms with E-state index in [1.807, 2.05) is 0 Å². The van der Waals surface area contributed by atoms with Gasteiger partial charge in [-0.3, -0.25) is 4.79 Å². The predicted octanol–water partition coefficient (Wildman–Crippen LogP) is 1.96. The van der Waals surface area contributed by atoms with Crippen LogP contribution in [0, 0.1) is 17.5 Å². The number of hydrogen-bond donors (Lipinski definition) is 1. The fourth-order valence-corrected chi connectivity index (χ4v) is 0.872. The monoisotopic (exact) mass is 220 g/mol. The lowest BCUT2D eigenvalue weighted by atomic mass is 10.3. The Bertz CT molecular complexity index is 356. The predicted molar refractivity (Wildman–Crippen MR) is 44.1 cm³/mol. The second-order valence-electron chi connectivity index (χ2n) is 2.69. The zero-order valence-electron chi connectivity index (χ0n) is 7.47. The van der Waals surface area contributed by atoms with Gasteiger partial charge in [-0.05, 0) is 0 Å². The Hall–Kier alpha value is -1.72. The van der Waals surface area contributed by atoms with Gasteiger partial charge in [-0.25, -0.2) is 13.2 Å². The zero-order chi connectivity index (χ0) is 11.4. The molecule has 0 heterocycles. The molecule has 15 heavy (non-hydrogen) atoms. The topological polar surface area (TPSA) is 46.5 Å². The molecule has 1 rings (SSSR count). The van der Waals surface area contributed by atoms with E-state index in [2.05, 4.69) is 0 Å². The van der Waals surface area contributed by atoms with Crippen LogP contribution >= 0.6 is 0 Å². The molecule has 0 aromatic heterocycles. The van der Waals surface area contributed by atoms with E-state index in [0.29, 0.717) is 12.1 Å². The Morgan fingerprint density at radius 1 is 1.27 bits per heavy atom. The van der Waals surface area contributed by atoms with Crippen molar-refractivity contribution in [3.63, 3.8) is 0 Å². The number of ether oxygens (including phenoxy) is 1. The highest BCUT2D eigenvalue weighted by atomic mass is 19.2. The summed E-state index contributed by atoms with van der Waals surface area (Å²) >= 11 is 0. The Kier molecular flexibility index (Phi) is 3.54. The molecule has 0 atom stereocenters. The Labute approximate surface area is 83.1 Å². The van der Waals surface area contributed by atoms with Gasteiger partial charge in [0.05, 0.1) is 13.0 Å². The molecule has 6 heteroatoms. The van der Waals surface area contributed by atoms with Gasteiger partial charge in [0.25, 0.3) is 0 Å². The summed E-state index contributed by atoms with van der Waals surface area (Å²) in [7, 11) is 0. The molecular weight excluding hydrogens is 213 g/mol. The van der Waals surface area contributed by atoms with Gasteiger partial charge in [-0.1, -0.05) is 0 Å². The smallest absolute Gasteiger partial charge is 0.306 e. The molecule has 3 nitrogen and oxygen atoms in total. The third kappa shape index (κ3) is 3.16. The van der Waals surface area contributed by atoms with Crippen molar-refractivity contribution in [3.8, 4) is 5.75 Å². The molecule has 0 saturated heterocycles. The fraction of sp³-hybridized carbons (Fsp3) is 0.222. The summed E-state index contributed by atoms with van der Waals surface area (Å²) in [5, 5.41) is 8.26. The molecule has 0 amide bonds. The van der Waals surface area contributed by atoms with Crippen molar-refractivity contribution in [2.45, 2.75) is 6.42 Å². The Morgan fingerprint density at radius 3 is 2.27 bits per heavy atom. The lowest BCUT2D eigenvalue weighted by Gasteiger charge is -2.05. The maximum atomic E-state index is 12.6. The van der Waals surface area contributed by atoms with E-state index in [0.717, 1.165) is 0 Å². The summed E-state index contributed by atoms with van der Waals surface area (Å²) in [6, 6.07) is 1.31. The molecule has 1 aromatic rings. The minimum atomic E-state index is -1.58. The quantitative estimate of drug-likeness (QED) is 0.789. The number of carbonyl (C=O) groups is 1. The minimum absolute atomic E-state index is 0.236. The minimum Gasteiger partial charge on any atom is -0.493 e. The van der Waals surface area contributed by atoms with Crippen molar-refractivity contribution in [2.24, 2.45) is 0 Å². The van der Waals surface area contributed by atoms with Crippen LogP contribution in [-0.4, -0.2) is 17.7 Å². The van der Waals surface area contributed by atoms with Gasteiger partial charge >= 0.3 is 5.97 Å². The molecule has 0 fully saturated rings. The number of aliphatic carboxylic acids is 1. The molecule has 1 N–H and O–H groups in total. The van der Waals surface area contributed by atoms with E-state index >= 15 is 0 Å². The first-order chi connectivity index (χ1) is 7.00. The number of rotatable bonds is 4. The Balaban J connectivity index is 2.66. The van der Waals surface area contributed by atoms with Crippen molar-refractivity contribution in [1.82, 2.24) is 0 Å². The van der Waals surface area contributed by atoms with Crippen LogP contribution in [0.25, 0.3) is 0 Å². The van der Waals surface area contributed by atoms with Crippen LogP contribution in [0.2, 0.25) is 0 Å². The molecule has 0 aliphatic heterocycles. The average Bonchev–Trinajstić information content (AvgIpc) is 2.13. The van der Waals surface area contributed by atoms with Gasteiger partial charge < -0.3 is 9.84 Å². The van der Waals surface area contributed by atoms with Gasteiger partial charge in [-0.2, -0.15) is 0 Å². The summed E-state index contributed by atoms with van der Waals surface area (Å²) < 4.78 is 42.4. The summed E-state index contributed by atoms with van der Waals surface area (Å²) in [6.45, 7) is -0.236. The first-order valence-electron chi connectivity index (χ1n) is 4.00. The summed E-state index contributed by atoms with van der Waals surface area (Å²) in [4.78, 5) is 10.1. The number of halogens is 3. The van der Waals surface area contributed by atoms with Crippen molar-refractivity contribution < 1.29 is 27.8 Å². The van der Waals surface area contributed by atoms with Crippen LogP contribution in [0.4, 0.5) is 13.2 Å². The molecule has 0 unspecified atom stereocenters. The van der Waals surface area contributed by atoms with Gasteiger partial charge in [0.1, 0.15) is 5.75 Å². The summed E-state index contributed by atoms with van der Waals surface area (Å²) in [5.74, 6) is -5.67. The zero-order valence-corrected chi connectivity index (χ0v) is 7.47. The highest BCUT2D eigenvalue weighted by molar-refractivity contribution is 5.66. The Morgan fingerprint density at radius 2 is 1.80 bits per heavy atom. The maximum Gasteiger partial charge on any atom is 0.306 e. The van der Waals surface area contributed by atoms with Crippen molar-refractivity contribution in [1.29, 1.82) is 0 Å². The largest absolute Gasteiger partial charge is 0.493 e. The third-order valence-electron chi connectivity index (χ3n) is 1.54. The molecule has 0 aliphatic carbocycles. The number of carboxylic acids is 1. The molecule has 0 spiro atoms. The van der Waals surface area contributed by atoms with E-state index in [4.69, 9.17) is 9.84 Å². The second-order valence-corrected chi connectivity index (χ2v) is 2.69. The van der Waals surface area contributed by atoms with Crippen molar-refractivity contribution in [2.75, 3.05) is 6.61 Å². The van der Waals surface area contributed by atoms with E-state index in [-0.39, 0.29) is 18.8 Å². The lowest BCUT2D eigenvalue weighted by molar-refractivity contribution is -0.137. The number of benzene rings is 1. The standard InChI is InChI=1S/C9H7F3O3/c10-6-3-5(4-7(11)9(6)12)15-2-1-8(13)14/h3-4H,1-2H2,(H,13,14). The molecule has 82 valence electrons. The molecule has 1 aromatic carbocycles. The van der Waals surface area contributed by atoms with Gasteiger partial charge in [-0.15, -0.1) is 0 Å². The number of hydrogen-bond acceptors (Lipinski definition) is 2. The van der Waals surface area contributed by atoms with Gasteiger partial charge in [0.2, 0.25) is 0 Å². The molecule has 0 radical (unpaired) electrons. The second kappa shape index (κ2) is 4.68. The third-order valence-corrected chi connectivity index (χ3v) is 1.54. The van der Waals surface area contributed by atoms with Crippen LogP contribution in [0.5, 0.6) is 5.75 Å². The first-order valence-corrected chi connectivity index (χ1v) is 4.00. The van der Waals surface area contributed by atoms with Crippen molar-refractivity contribution in [3.05, 3.63) is 29.6 Å². The van der Waals surface area contributed by atoms with Crippen LogP contribution < -0.4 is 4.74 Å². The summed E-state index contributed by atoms with van der Waals surface area (Å²) in [6.07, 6.45) is -0.305. The lowest BCUT2D eigenvalue weighted by Crippen LogP contribution is -2.05.